The molecule has 0 spiro atoms. The van der Waals surface area contributed by atoms with Crippen LogP contribution in [0.5, 0.6) is 0 Å². The van der Waals surface area contributed by atoms with E-state index in [2.05, 4.69) is 74.6 Å². The van der Waals surface area contributed by atoms with Gasteiger partial charge in [0.05, 0.1) is 16.9 Å². The zero-order chi connectivity index (χ0) is 30.0. The molecule has 6 nitrogen and oxygen atoms in total. The van der Waals surface area contributed by atoms with E-state index in [0.29, 0.717) is 16.9 Å². The molecular weight excluding hydrogens is 501 g/mol. The van der Waals surface area contributed by atoms with E-state index in [0.717, 1.165) is 17.3 Å². The first kappa shape index (κ1) is 30.9. The fourth-order valence-electron chi connectivity index (χ4n) is 4.74. The van der Waals surface area contributed by atoms with Crippen LogP contribution in [0.15, 0.2) is 60.7 Å². The van der Waals surface area contributed by atoms with E-state index in [4.69, 9.17) is 0 Å². The average molecular weight is 539 g/mol. The number of carboxylic acids is 1. The number of aryl methyl sites for hydroxylation is 1. The third kappa shape index (κ3) is 6.57. The van der Waals surface area contributed by atoms with Crippen molar-refractivity contribution in [3.63, 3.8) is 0 Å². The van der Waals surface area contributed by atoms with Crippen LogP contribution in [0.2, 0.25) is 0 Å². The molecule has 206 valence electrons. The second-order valence-corrected chi connectivity index (χ2v) is 12.1. The molecule has 40 heavy (non-hydrogen) atoms. The van der Waals surface area contributed by atoms with Crippen molar-refractivity contribution in [2.75, 3.05) is 15.5 Å². The van der Waals surface area contributed by atoms with E-state index < -0.39 is 17.8 Å². The Morgan fingerprint density at radius 1 is 0.850 bits per heavy atom. The van der Waals surface area contributed by atoms with Crippen LogP contribution < -0.4 is 15.5 Å². The Morgan fingerprint density at radius 3 is 1.95 bits per heavy atom. The molecular formula is C29H38B4FN3O3. The van der Waals surface area contributed by atoms with Crippen LogP contribution in [0.1, 0.15) is 43.6 Å². The fourth-order valence-corrected chi connectivity index (χ4v) is 4.74. The Kier molecular flexibility index (Phi) is 9.17. The molecule has 3 rings (SSSR count). The van der Waals surface area contributed by atoms with Gasteiger partial charge in [0.15, 0.2) is 0 Å². The summed E-state index contributed by atoms with van der Waals surface area (Å²) in [6, 6.07) is 16.1. The van der Waals surface area contributed by atoms with Gasteiger partial charge < -0.3 is 20.6 Å². The van der Waals surface area contributed by atoms with E-state index in [1.54, 1.807) is 12.1 Å². The molecule has 0 saturated carbocycles. The van der Waals surface area contributed by atoms with Crippen molar-refractivity contribution in [1.29, 1.82) is 0 Å². The maximum absolute atomic E-state index is 14.3. The van der Waals surface area contributed by atoms with Crippen molar-refractivity contribution < 1.29 is 19.1 Å². The zero-order valence-electron chi connectivity index (χ0n) is 25.0. The van der Waals surface area contributed by atoms with Crippen LogP contribution in [0, 0.1) is 24.6 Å². The summed E-state index contributed by atoms with van der Waals surface area (Å²) < 4.78 is 14.3. The van der Waals surface area contributed by atoms with Crippen LogP contribution in [-0.4, -0.2) is 59.2 Å². The summed E-state index contributed by atoms with van der Waals surface area (Å²) in [6.45, 7) is 10.6. The number of carboxylic acid groups (broad SMARTS) is 1. The van der Waals surface area contributed by atoms with Gasteiger partial charge in [0, 0.05) is 5.69 Å². The first-order valence-corrected chi connectivity index (χ1v) is 13.7. The smallest absolute Gasteiger partial charge is 0.336 e. The number of aromatic carboxylic acids is 1. The minimum Gasteiger partial charge on any atom is -0.478 e. The molecule has 0 saturated heterocycles. The summed E-state index contributed by atoms with van der Waals surface area (Å²) in [5.74, 6) is -1.20. The van der Waals surface area contributed by atoms with E-state index >= 15 is 0 Å². The molecule has 3 aromatic carbocycles. The number of carbonyl (C=O) groups is 2. The Morgan fingerprint density at radius 2 is 1.43 bits per heavy atom. The number of benzene rings is 3. The summed E-state index contributed by atoms with van der Waals surface area (Å²) in [7, 11) is 8.73. The van der Waals surface area contributed by atoms with E-state index in [1.807, 2.05) is 37.3 Å². The van der Waals surface area contributed by atoms with Crippen LogP contribution in [0.25, 0.3) is 11.1 Å². The first-order valence-electron chi connectivity index (χ1n) is 13.7. The molecule has 3 aromatic rings. The molecule has 0 atom stereocenters. The maximum Gasteiger partial charge on any atom is 0.336 e. The molecule has 0 unspecified atom stereocenters. The lowest BCUT2D eigenvalue weighted by Gasteiger charge is -2.56. The van der Waals surface area contributed by atoms with Crippen LogP contribution in [0.3, 0.4) is 0 Å². The number of urea groups is 1. The largest absolute Gasteiger partial charge is 0.478 e. The second-order valence-electron chi connectivity index (χ2n) is 12.1. The highest BCUT2D eigenvalue weighted by molar-refractivity contribution is 6.47. The number of carbonyl (C=O) groups excluding carboxylic acids is 1. The summed E-state index contributed by atoms with van der Waals surface area (Å²) in [5, 5.41) is 15.0. The van der Waals surface area contributed by atoms with Crippen molar-refractivity contribution in [3.05, 3.63) is 77.6 Å². The van der Waals surface area contributed by atoms with Gasteiger partial charge in [-0.15, -0.1) is 0 Å². The van der Waals surface area contributed by atoms with Crippen molar-refractivity contribution in [3.8, 4) is 11.1 Å². The molecule has 0 aromatic heterocycles. The lowest BCUT2D eigenvalue weighted by Crippen LogP contribution is -2.67. The molecule has 0 radical (unpaired) electrons. The molecule has 0 heterocycles. The first-order chi connectivity index (χ1) is 18.5. The van der Waals surface area contributed by atoms with Gasteiger partial charge >= 0.3 is 12.0 Å². The SMILES string of the molecule is BC(B)(C(C)C)N(c1ccc(-c2cc(F)ccc2C(=O)O)cc1NC(=O)Nc1ccc(C)cc1)C(B)(B)C(C)C. The molecule has 11 heteroatoms. The highest BCUT2D eigenvalue weighted by atomic mass is 19.1. The van der Waals surface area contributed by atoms with Gasteiger partial charge in [0.2, 0.25) is 0 Å². The molecule has 0 fully saturated rings. The third-order valence-electron chi connectivity index (χ3n) is 8.30. The molecule has 3 N–H and O–H groups in total. The van der Waals surface area contributed by atoms with Crippen molar-refractivity contribution in [1.82, 2.24) is 0 Å². The van der Waals surface area contributed by atoms with Gasteiger partial charge in [-0.25, -0.2) is 14.0 Å². The molecule has 0 aliphatic rings. The predicted molar refractivity (Wildman–Crippen MR) is 174 cm³/mol. The number of amides is 2. The molecule has 2 amide bonds. The highest BCUT2D eigenvalue weighted by Crippen LogP contribution is 2.41. The predicted octanol–water partition coefficient (Wildman–Crippen LogP) is 3.10. The van der Waals surface area contributed by atoms with E-state index in [9.17, 15) is 19.1 Å². The van der Waals surface area contributed by atoms with Crippen LogP contribution in [0.4, 0.5) is 26.2 Å². The van der Waals surface area contributed by atoms with Crippen LogP contribution in [-0.2, 0) is 0 Å². The lowest BCUT2D eigenvalue weighted by molar-refractivity contribution is 0.0697. The second kappa shape index (κ2) is 11.9. The van der Waals surface area contributed by atoms with Gasteiger partial charge in [-0.3, -0.25) is 0 Å². The Balaban J connectivity index is 2.24. The number of hydrogen-bond donors (Lipinski definition) is 3. The number of nitrogens with zero attached hydrogens (tertiary/aromatic N) is 1. The van der Waals surface area contributed by atoms with Gasteiger partial charge in [0.25, 0.3) is 0 Å². The van der Waals surface area contributed by atoms with E-state index in [-0.39, 0.29) is 33.6 Å². The molecule has 0 aliphatic heterocycles. The minimum atomic E-state index is -1.16. The summed E-state index contributed by atoms with van der Waals surface area (Å²) in [6.07, 6.45) is 0. The standard InChI is InChI=1S/C29H38B4FN3O3/c1-16(2)28(30,31)37(29(32,33)17(3)4)25-13-8-19(23-15-20(34)9-12-22(23)26(38)39)14-24(25)36-27(40)35-21-10-6-18(5)7-11-21/h6-17H,30-33H2,1-5H3,(H,38,39)(H2,35,36,40). The van der Waals surface area contributed by atoms with Gasteiger partial charge in [0.1, 0.15) is 37.2 Å². The monoisotopic (exact) mass is 539 g/mol. The Hall–Kier alpha value is -3.61. The molecule has 0 bridgehead atoms. The third-order valence-corrected chi connectivity index (χ3v) is 8.30. The normalized spacial score (nSPS) is 11.9. The molecule has 0 aliphatic carbocycles. The van der Waals surface area contributed by atoms with Gasteiger partial charge in [-0.2, -0.15) is 0 Å². The van der Waals surface area contributed by atoms with Crippen molar-refractivity contribution in [2.24, 2.45) is 11.8 Å². The highest BCUT2D eigenvalue weighted by Gasteiger charge is 2.42. The number of rotatable bonds is 9. The number of anilines is 3. The minimum absolute atomic E-state index is 0.0221. The summed E-state index contributed by atoms with van der Waals surface area (Å²) in [5.41, 5.74) is 3.69. The lowest BCUT2D eigenvalue weighted by atomic mass is 9.46. The Labute approximate surface area is 240 Å². The number of hydrogen-bond acceptors (Lipinski definition) is 3. The quantitative estimate of drug-likeness (QED) is 0.366. The average Bonchev–Trinajstić information content (AvgIpc) is 2.85. The van der Waals surface area contributed by atoms with Gasteiger partial charge in [-0.05, 0) is 83.0 Å². The zero-order valence-corrected chi connectivity index (χ0v) is 25.0. The summed E-state index contributed by atoms with van der Waals surface area (Å²) in [4.78, 5) is 27.6. The number of halogens is 1. The maximum atomic E-state index is 14.3. The van der Waals surface area contributed by atoms with E-state index in [1.165, 1.54) is 12.1 Å². The van der Waals surface area contributed by atoms with Crippen molar-refractivity contribution >= 4 is 60.4 Å². The number of nitrogens with one attached hydrogen (secondary N) is 2. The topological polar surface area (TPSA) is 81.7 Å². The fraction of sp³-hybridized carbons (Fsp3) is 0.310. The summed E-state index contributed by atoms with van der Waals surface area (Å²) >= 11 is 0. The van der Waals surface area contributed by atoms with Gasteiger partial charge in [-0.1, -0.05) is 51.5 Å². The van der Waals surface area contributed by atoms with Crippen LogP contribution >= 0.6 is 0 Å². The van der Waals surface area contributed by atoms with Crippen molar-refractivity contribution in [2.45, 2.75) is 45.3 Å². The Bertz CT molecular complexity index is 1380.